The van der Waals surface area contributed by atoms with Crippen LogP contribution in [0.2, 0.25) is 0 Å². The molecule has 0 bridgehead atoms. The molecular formula is C7H16N2. The molecule has 0 aliphatic rings. The zero-order chi connectivity index (χ0) is 7.28. The standard InChI is InChI=1S/C7H16N2/c1-4-9(6-5-8)7(2)3/h5-7H,4,8H2,1-3H3/b6-5+. The average Bonchev–Trinajstić information content (AvgIpc) is 1.82. The molecule has 0 saturated carbocycles. The maximum absolute atomic E-state index is 5.22. The minimum absolute atomic E-state index is 0.551. The molecule has 0 aromatic heterocycles. The van der Waals surface area contributed by atoms with Crippen LogP contribution in [0.15, 0.2) is 12.4 Å². The molecule has 0 aliphatic heterocycles. The molecule has 2 heteroatoms. The van der Waals surface area contributed by atoms with Crippen molar-refractivity contribution in [2.45, 2.75) is 26.8 Å². The molecule has 0 aromatic rings. The van der Waals surface area contributed by atoms with Gasteiger partial charge in [-0.25, -0.2) is 0 Å². The molecule has 2 N–H and O–H groups in total. The van der Waals surface area contributed by atoms with Crippen LogP contribution in [-0.2, 0) is 0 Å². The minimum Gasteiger partial charge on any atom is -0.403 e. The summed E-state index contributed by atoms with van der Waals surface area (Å²) in [6, 6.07) is 0.551. The van der Waals surface area contributed by atoms with Gasteiger partial charge < -0.3 is 10.6 Å². The molecule has 0 spiro atoms. The van der Waals surface area contributed by atoms with Crippen molar-refractivity contribution in [3.63, 3.8) is 0 Å². The molecular weight excluding hydrogens is 112 g/mol. The van der Waals surface area contributed by atoms with E-state index in [9.17, 15) is 0 Å². The lowest BCUT2D eigenvalue weighted by Crippen LogP contribution is -2.24. The van der Waals surface area contributed by atoms with Gasteiger partial charge in [-0.15, -0.1) is 0 Å². The van der Waals surface area contributed by atoms with E-state index in [1.807, 2.05) is 6.20 Å². The highest BCUT2D eigenvalue weighted by Gasteiger charge is 1.97. The predicted molar refractivity (Wildman–Crippen MR) is 40.8 cm³/mol. The summed E-state index contributed by atoms with van der Waals surface area (Å²) in [5, 5.41) is 0. The molecule has 0 aromatic carbocycles. The zero-order valence-corrected chi connectivity index (χ0v) is 6.46. The van der Waals surface area contributed by atoms with Crippen molar-refractivity contribution >= 4 is 0 Å². The monoisotopic (exact) mass is 128 g/mol. The summed E-state index contributed by atoms with van der Waals surface area (Å²) >= 11 is 0. The number of nitrogens with two attached hydrogens (primary N) is 1. The third-order valence-corrected chi connectivity index (χ3v) is 1.31. The lowest BCUT2D eigenvalue weighted by molar-refractivity contribution is 0.326. The van der Waals surface area contributed by atoms with E-state index in [1.54, 1.807) is 6.20 Å². The predicted octanol–water partition coefficient (Wildman–Crippen LogP) is 1.15. The first-order valence-corrected chi connectivity index (χ1v) is 3.36. The summed E-state index contributed by atoms with van der Waals surface area (Å²) in [4.78, 5) is 2.17. The van der Waals surface area contributed by atoms with E-state index in [4.69, 9.17) is 5.73 Å². The smallest absolute Gasteiger partial charge is 0.0228 e. The average molecular weight is 128 g/mol. The lowest BCUT2D eigenvalue weighted by Gasteiger charge is -2.21. The number of hydrogen-bond acceptors (Lipinski definition) is 2. The fourth-order valence-corrected chi connectivity index (χ4v) is 0.753. The van der Waals surface area contributed by atoms with Crippen LogP contribution < -0.4 is 5.73 Å². The van der Waals surface area contributed by atoms with Gasteiger partial charge >= 0.3 is 0 Å². The van der Waals surface area contributed by atoms with Crippen LogP contribution >= 0.6 is 0 Å². The summed E-state index contributed by atoms with van der Waals surface area (Å²) in [7, 11) is 0. The first-order chi connectivity index (χ1) is 4.22. The molecule has 54 valence electrons. The van der Waals surface area contributed by atoms with Crippen LogP contribution in [0.25, 0.3) is 0 Å². The van der Waals surface area contributed by atoms with Crippen molar-refractivity contribution in [2.24, 2.45) is 5.73 Å². The number of rotatable bonds is 3. The highest BCUT2D eigenvalue weighted by molar-refractivity contribution is 4.78. The summed E-state index contributed by atoms with van der Waals surface area (Å²) < 4.78 is 0. The lowest BCUT2D eigenvalue weighted by atomic mass is 10.3. The van der Waals surface area contributed by atoms with E-state index in [1.165, 1.54) is 0 Å². The van der Waals surface area contributed by atoms with E-state index in [0.29, 0.717) is 6.04 Å². The second kappa shape index (κ2) is 4.24. The van der Waals surface area contributed by atoms with Gasteiger partial charge in [-0.1, -0.05) is 0 Å². The Balaban J connectivity index is 3.68. The van der Waals surface area contributed by atoms with Gasteiger partial charge in [-0.3, -0.25) is 0 Å². The van der Waals surface area contributed by atoms with Crippen molar-refractivity contribution in [3.8, 4) is 0 Å². The quantitative estimate of drug-likeness (QED) is 0.617. The first-order valence-electron chi connectivity index (χ1n) is 3.36. The molecule has 0 radical (unpaired) electrons. The van der Waals surface area contributed by atoms with Gasteiger partial charge in [0.2, 0.25) is 0 Å². The third kappa shape index (κ3) is 3.01. The molecule has 0 saturated heterocycles. The molecule has 0 heterocycles. The summed E-state index contributed by atoms with van der Waals surface area (Å²) in [6.07, 6.45) is 3.48. The van der Waals surface area contributed by atoms with Crippen LogP contribution in [0.4, 0.5) is 0 Å². The molecule has 0 amide bonds. The summed E-state index contributed by atoms with van der Waals surface area (Å²) in [5.41, 5.74) is 5.22. The SMILES string of the molecule is CCN(/C=C/N)C(C)C. The molecule has 0 fully saturated rings. The van der Waals surface area contributed by atoms with Gasteiger partial charge in [-0.2, -0.15) is 0 Å². The Kier molecular flexibility index (Phi) is 3.93. The zero-order valence-electron chi connectivity index (χ0n) is 6.46. The maximum Gasteiger partial charge on any atom is 0.0228 e. The van der Waals surface area contributed by atoms with Crippen molar-refractivity contribution in [1.29, 1.82) is 0 Å². The van der Waals surface area contributed by atoms with Crippen molar-refractivity contribution in [2.75, 3.05) is 6.54 Å². The molecule has 2 nitrogen and oxygen atoms in total. The van der Waals surface area contributed by atoms with Crippen molar-refractivity contribution in [1.82, 2.24) is 4.90 Å². The fraction of sp³-hybridized carbons (Fsp3) is 0.714. The highest BCUT2D eigenvalue weighted by Crippen LogP contribution is 1.95. The fourth-order valence-electron chi connectivity index (χ4n) is 0.753. The Labute approximate surface area is 57.3 Å². The Hall–Kier alpha value is -0.660. The van der Waals surface area contributed by atoms with E-state index in [2.05, 4.69) is 25.7 Å². The van der Waals surface area contributed by atoms with Gasteiger partial charge in [0.15, 0.2) is 0 Å². The summed E-state index contributed by atoms with van der Waals surface area (Å²) in [6.45, 7) is 7.42. The third-order valence-electron chi connectivity index (χ3n) is 1.31. The Morgan fingerprint density at radius 3 is 2.22 bits per heavy atom. The largest absolute Gasteiger partial charge is 0.403 e. The topological polar surface area (TPSA) is 29.3 Å². The second-order valence-corrected chi connectivity index (χ2v) is 2.27. The van der Waals surface area contributed by atoms with Gasteiger partial charge in [0, 0.05) is 25.0 Å². The van der Waals surface area contributed by atoms with Crippen LogP contribution in [0.1, 0.15) is 20.8 Å². The van der Waals surface area contributed by atoms with Gasteiger partial charge in [-0.05, 0) is 20.8 Å². The van der Waals surface area contributed by atoms with Gasteiger partial charge in [0.1, 0.15) is 0 Å². The van der Waals surface area contributed by atoms with Crippen LogP contribution in [0.5, 0.6) is 0 Å². The Bertz CT molecular complexity index is 86.9. The van der Waals surface area contributed by atoms with E-state index in [0.717, 1.165) is 6.54 Å². The van der Waals surface area contributed by atoms with E-state index < -0.39 is 0 Å². The minimum atomic E-state index is 0.551. The molecule has 0 aliphatic carbocycles. The van der Waals surface area contributed by atoms with Crippen molar-refractivity contribution < 1.29 is 0 Å². The highest BCUT2D eigenvalue weighted by atomic mass is 15.1. The van der Waals surface area contributed by atoms with Crippen LogP contribution in [-0.4, -0.2) is 17.5 Å². The molecule has 0 atom stereocenters. The maximum atomic E-state index is 5.22. The number of nitrogens with zero attached hydrogens (tertiary/aromatic N) is 1. The second-order valence-electron chi connectivity index (χ2n) is 2.27. The van der Waals surface area contributed by atoms with E-state index >= 15 is 0 Å². The normalized spacial score (nSPS) is 11.1. The first kappa shape index (κ1) is 8.34. The van der Waals surface area contributed by atoms with Crippen LogP contribution in [0.3, 0.4) is 0 Å². The molecule has 0 rings (SSSR count). The van der Waals surface area contributed by atoms with E-state index in [-0.39, 0.29) is 0 Å². The Morgan fingerprint density at radius 1 is 1.56 bits per heavy atom. The van der Waals surface area contributed by atoms with Gasteiger partial charge in [0.25, 0.3) is 0 Å². The van der Waals surface area contributed by atoms with Gasteiger partial charge in [0.05, 0.1) is 0 Å². The van der Waals surface area contributed by atoms with Crippen molar-refractivity contribution in [3.05, 3.63) is 12.4 Å². The van der Waals surface area contributed by atoms with Crippen LogP contribution in [0, 0.1) is 0 Å². The molecule has 0 unspecified atom stereocenters. The molecule has 9 heavy (non-hydrogen) atoms. The number of hydrogen-bond donors (Lipinski definition) is 1. The Morgan fingerprint density at radius 2 is 2.11 bits per heavy atom. The summed E-state index contributed by atoms with van der Waals surface area (Å²) in [5.74, 6) is 0.